The topological polar surface area (TPSA) is 63.9 Å². The lowest BCUT2D eigenvalue weighted by molar-refractivity contribution is 0.481. The number of hydrogen-bond donors (Lipinski definition) is 0. The third-order valence-corrected chi connectivity index (χ3v) is 5.78. The van der Waals surface area contributed by atoms with E-state index < -0.39 is 0 Å². The van der Waals surface area contributed by atoms with E-state index in [4.69, 9.17) is 9.97 Å². The maximum absolute atomic E-state index is 12.5. The number of hydrogen-bond acceptors (Lipinski definition) is 5. The van der Waals surface area contributed by atoms with Crippen molar-refractivity contribution in [2.75, 3.05) is 11.4 Å². The predicted octanol–water partition coefficient (Wildman–Crippen LogP) is 2.65. The predicted molar refractivity (Wildman–Crippen MR) is 105 cm³/mol. The van der Waals surface area contributed by atoms with E-state index in [9.17, 15) is 4.79 Å². The highest BCUT2D eigenvalue weighted by Gasteiger charge is 2.29. The summed E-state index contributed by atoms with van der Waals surface area (Å²) in [6, 6.07) is 9.99. The molecule has 6 heteroatoms. The number of nitrogens with zero attached hydrogens (tertiary/aromatic N) is 5. The first-order chi connectivity index (χ1) is 13.2. The van der Waals surface area contributed by atoms with Crippen LogP contribution in [-0.4, -0.2) is 32.3 Å². The number of aromatic nitrogens is 4. The Morgan fingerprint density at radius 1 is 1.11 bits per heavy atom. The summed E-state index contributed by atoms with van der Waals surface area (Å²) in [4.78, 5) is 24.4. The molecule has 1 atom stereocenters. The fraction of sp³-hybridized carbons (Fsp3) is 0.429. The van der Waals surface area contributed by atoms with Gasteiger partial charge in [0, 0.05) is 12.6 Å². The summed E-state index contributed by atoms with van der Waals surface area (Å²) in [5, 5.41) is 4.66. The van der Waals surface area contributed by atoms with Gasteiger partial charge in [0.05, 0.1) is 35.0 Å². The van der Waals surface area contributed by atoms with E-state index in [2.05, 4.69) is 10.00 Å². The molecular formula is C21H23N5O. The van der Waals surface area contributed by atoms with E-state index in [1.165, 1.54) is 0 Å². The third kappa shape index (κ3) is 2.89. The highest BCUT2D eigenvalue weighted by atomic mass is 16.1. The average Bonchev–Trinajstić information content (AvgIpc) is 3.30. The van der Waals surface area contributed by atoms with Gasteiger partial charge in [-0.1, -0.05) is 12.1 Å². The maximum atomic E-state index is 12.5. The molecule has 5 rings (SSSR count). The van der Waals surface area contributed by atoms with E-state index in [0.29, 0.717) is 6.54 Å². The molecule has 1 fully saturated rings. The van der Waals surface area contributed by atoms with Crippen LogP contribution in [0.4, 0.5) is 5.82 Å². The molecule has 0 amide bonds. The van der Waals surface area contributed by atoms with E-state index in [1.807, 2.05) is 31.2 Å². The summed E-state index contributed by atoms with van der Waals surface area (Å²) in [5.41, 5.74) is 5.03. The van der Waals surface area contributed by atoms with E-state index in [0.717, 1.165) is 72.5 Å². The minimum Gasteiger partial charge on any atom is -0.350 e. The second-order valence-corrected chi connectivity index (χ2v) is 7.60. The molecule has 138 valence electrons. The third-order valence-electron chi connectivity index (χ3n) is 5.78. The molecule has 2 aliphatic rings. The van der Waals surface area contributed by atoms with Crippen LogP contribution in [0.2, 0.25) is 0 Å². The van der Waals surface area contributed by atoms with E-state index in [1.54, 1.807) is 10.7 Å². The molecule has 3 heterocycles. The van der Waals surface area contributed by atoms with Gasteiger partial charge in [-0.25, -0.2) is 14.6 Å². The second kappa shape index (κ2) is 6.44. The molecule has 0 saturated carbocycles. The van der Waals surface area contributed by atoms with Crippen molar-refractivity contribution in [3.8, 4) is 0 Å². The minimum atomic E-state index is 0.0174. The van der Waals surface area contributed by atoms with Crippen LogP contribution >= 0.6 is 0 Å². The first-order valence-electron chi connectivity index (χ1n) is 9.79. The van der Waals surface area contributed by atoms with E-state index in [-0.39, 0.29) is 11.6 Å². The van der Waals surface area contributed by atoms with Gasteiger partial charge in [0.1, 0.15) is 0 Å². The van der Waals surface area contributed by atoms with Crippen molar-refractivity contribution in [2.24, 2.45) is 0 Å². The molecule has 1 unspecified atom stereocenters. The highest BCUT2D eigenvalue weighted by Crippen LogP contribution is 2.28. The Kier molecular flexibility index (Phi) is 3.92. The van der Waals surface area contributed by atoms with Crippen LogP contribution in [0.3, 0.4) is 0 Å². The SMILES string of the molecule is Cc1nc2ccccc2nc1N1CCCC1Cn1nc2c(cc1=O)CCC2. The summed E-state index contributed by atoms with van der Waals surface area (Å²) < 4.78 is 1.66. The smallest absolute Gasteiger partial charge is 0.267 e. The Morgan fingerprint density at radius 2 is 1.93 bits per heavy atom. The summed E-state index contributed by atoms with van der Waals surface area (Å²) in [6.07, 6.45) is 5.21. The Labute approximate surface area is 157 Å². The number of fused-ring (bicyclic) bond motifs is 2. The van der Waals surface area contributed by atoms with Crippen molar-refractivity contribution in [2.45, 2.75) is 51.6 Å². The second-order valence-electron chi connectivity index (χ2n) is 7.60. The summed E-state index contributed by atoms with van der Waals surface area (Å²) in [6.45, 7) is 3.57. The Morgan fingerprint density at radius 3 is 2.78 bits per heavy atom. The number of aryl methyl sites for hydroxylation is 3. The van der Waals surface area contributed by atoms with Crippen molar-refractivity contribution in [1.29, 1.82) is 0 Å². The van der Waals surface area contributed by atoms with Gasteiger partial charge < -0.3 is 4.90 Å². The van der Waals surface area contributed by atoms with Crippen molar-refractivity contribution in [1.82, 2.24) is 19.7 Å². The molecule has 3 aromatic rings. The molecule has 0 N–H and O–H groups in total. The van der Waals surface area contributed by atoms with Crippen molar-refractivity contribution in [3.63, 3.8) is 0 Å². The van der Waals surface area contributed by atoms with Crippen LogP contribution in [0.25, 0.3) is 11.0 Å². The fourth-order valence-corrected chi connectivity index (χ4v) is 4.43. The minimum absolute atomic E-state index is 0.0174. The van der Waals surface area contributed by atoms with Crippen molar-refractivity contribution < 1.29 is 0 Å². The Balaban J connectivity index is 1.48. The first kappa shape index (κ1) is 16.4. The zero-order chi connectivity index (χ0) is 18.4. The van der Waals surface area contributed by atoms with Crippen LogP contribution in [0.1, 0.15) is 36.2 Å². The largest absolute Gasteiger partial charge is 0.350 e. The fourth-order valence-electron chi connectivity index (χ4n) is 4.43. The van der Waals surface area contributed by atoms with Gasteiger partial charge in [-0.05, 0) is 56.7 Å². The lowest BCUT2D eigenvalue weighted by Crippen LogP contribution is -2.38. The van der Waals surface area contributed by atoms with Crippen LogP contribution in [0, 0.1) is 6.92 Å². The van der Waals surface area contributed by atoms with Gasteiger partial charge in [-0.2, -0.15) is 5.10 Å². The van der Waals surface area contributed by atoms with Crippen molar-refractivity contribution in [3.05, 3.63) is 57.6 Å². The molecule has 6 nitrogen and oxygen atoms in total. The maximum Gasteiger partial charge on any atom is 0.267 e. The van der Waals surface area contributed by atoms with Crippen LogP contribution in [-0.2, 0) is 19.4 Å². The zero-order valence-electron chi connectivity index (χ0n) is 15.6. The molecule has 0 radical (unpaired) electrons. The Hall–Kier alpha value is -2.76. The molecule has 27 heavy (non-hydrogen) atoms. The van der Waals surface area contributed by atoms with Crippen molar-refractivity contribution >= 4 is 16.9 Å². The normalized spacial score (nSPS) is 19.0. The van der Waals surface area contributed by atoms with Gasteiger partial charge in [-0.15, -0.1) is 0 Å². The summed E-state index contributed by atoms with van der Waals surface area (Å²) >= 11 is 0. The zero-order valence-corrected chi connectivity index (χ0v) is 15.6. The molecule has 1 aliphatic heterocycles. The van der Waals surface area contributed by atoms with Gasteiger partial charge in [0.25, 0.3) is 5.56 Å². The van der Waals surface area contributed by atoms with Gasteiger partial charge >= 0.3 is 0 Å². The lowest BCUT2D eigenvalue weighted by atomic mass is 10.2. The molecular weight excluding hydrogens is 338 g/mol. The average molecular weight is 361 g/mol. The van der Waals surface area contributed by atoms with Gasteiger partial charge in [-0.3, -0.25) is 4.79 Å². The van der Waals surface area contributed by atoms with E-state index >= 15 is 0 Å². The highest BCUT2D eigenvalue weighted by molar-refractivity contribution is 5.76. The monoisotopic (exact) mass is 361 g/mol. The van der Waals surface area contributed by atoms with Gasteiger partial charge in [0.2, 0.25) is 0 Å². The van der Waals surface area contributed by atoms with Crippen LogP contribution in [0.5, 0.6) is 0 Å². The molecule has 1 saturated heterocycles. The molecule has 1 aliphatic carbocycles. The molecule has 2 aromatic heterocycles. The molecule has 0 bridgehead atoms. The first-order valence-corrected chi connectivity index (χ1v) is 9.79. The molecule has 1 aromatic carbocycles. The lowest BCUT2D eigenvalue weighted by Gasteiger charge is -2.27. The summed E-state index contributed by atoms with van der Waals surface area (Å²) in [5.74, 6) is 0.936. The van der Waals surface area contributed by atoms with Gasteiger partial charge in [0.15, 0.2) is 5.82 Å². The summed E-state index contributed by atoms with van der Waals surface area (Å²) in [7, 11) is 0. The number of para-hydroxylation sites is 2. The quantitative estimate of drug-likeness (QED) is 0.718. The standard InChI is InChI=1S/C21H23N5O/c1-14-21(23-19-9-3-2-8-18(19)22-14)25-11-5-7-16(25)13-26-20(27)12-15-6-4-10-17(15)24-26/h2-3,8-9,12,16H,4-7,10-11,13H2,1H3. The van der Waals surface area contributed by atoms with Crippen LogP contribution in [0.15, 0.2) is 35.1 Å². The number of benzene rings is 1. The number of rotatable bonds is 3. The number of anilines is 1. The Bertz CT molecular complexity index is 1070. The molecule has 0 spiro atoms. The van der Waals surface area contributed by atoms with Crippen LogP contribution < -0.4 is 10.5 Å².